The standard InChI is InChI=1S/C28H36FN3O2/c1-20(33)23-8-4-9-26(17-23)30-28(34)31-27-10-3-2-7-24(27)19-32-15-5-6-22(18-32)16-21-11-13-25(29)14-12-21/h4,8-9,11-14,17,22,24,27H,2-3,5-7,10,15-16,18-19H2,1H3,(H2,30,31,34)/t22-,24?,27+/m0/s1. The van der Waals surface area contributed by atoms with Gasteiger partial charge in [-0.05, 0) is 87.2 Å². The summed E-state index contributed by atoms with van der Waals surface area (Å²) in [7, 11) is 0. The largest absolute Gasteiger partial charge is 0.335 e. The summed E-state index contributed by atoms with van der Waals surface area (Å²) in [6.07, 6.45) is 7.85. The first-order chi connectivity index (χ1) is 16.5. The number of carbonyl (C=O) groups is 2. The number of rotatable bonds is 7. The van der Waals surface area contributed by atoms with E-state index in [1.807, 2.05) is 12.1 Å². The van der Waals surface area contributed by atoms with E-state index in [2.05, 4.69) is 15.5 Å². The number of urea groups is 1. The summed E-state index contributed by atoms with van der Waals surface area (Å²) in [5.41, 5.74) is 2.43. The van der Waals surface area contributed by atoms with Gasteiger partial charge in [0, 0.05) is 30.4 Å². The van der Waals surface area contributed by atoms with Crippen LogP contribution in [0.2, 0.25) is 0 Å². The summed E-state index contributed by atoms with van der Waals surface area (Å²) in [6, 6.07) is 13.9. The maximum absolute atomic E-state index is 13.2. The Labute approximate surface area is 202 Å². The third-order valence-electron chi connectivity index (χ3n) is 7.29. The second kappa shape index (κ2) is 11.6. The van der Waals surface area contributed by atoms with Crippen molar-refractivity contribution in [2.24, 2.45) is 11.8 Å². The van der Waals surface area contributed by atoms with E-state index >= 15 is 0 Å². The average molecular weight is 466 g/mol. The van der Waals surface area contributed by atoms with E-state index in [-0.39, 0.29) is 23.7 Å². The number of ketones is 1. The van der Waals surface area contributed by atoms with E-state index in [9.17, 15) is 14.0 Å². The topological polar surface area (TPSA) is 61.4 Å². The van der Waals surface area contributed by atoms with Crippen molar-refractivity contribution in [2.75, 3.05) is 25.0 Å². The smallest absolute Gasteiger partial charge is 0.319 e. The lowest BCUT2D eigenvalue weighted by Crippen LogP contribution is -2.49. The molecule has 1 aliphatic heterocycles. The summed E-state index contributed by atoms with van der Waals surface area (Å²) in [4.78, 5) is 26.9. The van der Waals surface area contributed by atoms with Crippen LogP contribution in [-0.2, 0) is 6.42 Å². The summed E-state index contributed by atoms with van der Waals surface area (Å²) >= 11 is 0. The minimum atomic E-state index is -0.203. The molecule has 182 valence electrons. The molecule has 1 saturated heterocycles. The molecule has 1 aliphatic carbocycles. The SMILES string of the molecule is CC(=O)c1cccc(NC(=O)N[C@@H]2CCCCC2CN2CCC[C@@H](Cc3ccc(F)cc3)C2)c1. The predicted molar refractivity (Wildman–Crippen MR) is 134 cm³/mol. The highest BCUT2D eigenvalue weighted by atomic mass is 19.1. The molecule has 34 heavy (non-hydrogen) atoms. The van der Waals surface area contributed by atoms with Crippen LogP contribution in [0, 0.1) is 17.7 Å². The zero-order valence-corrected chi connectivity index (χ0v) is 20.1. The van der Waals surface area contributed by atoms with Crippen LogP contribution in [0.3, 0.4) is 0 Å². The maximum atomic E-state index is 13.2. The Kier molecular flexibility index (Phi) is 8.33. The zero-order chi connectivity index (χ0) is 23.9. The zero-order valence-electron chi connectivity index (χ0n) is 20.1. The second-order valence-electron chi connectivity index (χ2n) is 9.98. The molecule has 1 unspecified atom stereocenters. The molecule has 0 aromatic heterocycles. The monoisotopic (exact) mass is 465 g/mol. The molecule has 2 fully saturated rings. The van der Waals surface area contributed by atoms with Crippen LogP contribution in [0.1, 0.15) is 61.4 Å². The summed E-state index contributed by atoms with van der Waals surface area (Å²) < 4.78 is 13.2. The number of Topliss-reactive ketones (excluding diaryl/α,β-unsaturated/α-hetero) is 1. The molecule has 1 heterocycles. The second-order valence-corrected chi connectivity index (χ2v) is 9.98. The van der Waals surface area contributed by atoms with Gasteiger partial charge in [-0.3, -0.25) is 4.79 Å². The molecule has 0 spiro atoms. The molecule has 0 radical (unpaired) electrons. The number of anilines is 1. The predicted octanol–water partition coefficient (Wildman–Crippen LogP) is 5.66. The number of nitrogens with zero attached hydrogens (tertiary/aromatic N) is 1. The van der Waals surface area contributed by atoms with Crippen molar-refractivity contribution in [2.45, 2.75) is 57.9 Å². The summed E-state index contributed by atoms with van der Waals surface area (Å²) in [5.74, 6) is 0.829. The number of halogens is 1. The fourth-order valence-electron chi connectivity index (χ4n) is 5.54. The molecule has 2 aromatic rings. The van der Waals surface area contributed by atoms with Crippen molar-refractivity contribution in [1.29, 1.82) is 0 Å². The Bertz CT molecular complexity index is 978. The fourth-order valence-corrected chi connectivity index (χ4v) is 5.54. The van der Waals surface area contributed by atoms with Crippen molar-refractivity contribution in [3.8, 4) is 0 Å². The van der Waals surface area contributed by atoms with Crippen LogP contribution in [0.5, 0.6) is 0 Å². The molecule has 0 bridgehead atoms. The van der Waals surface area contributed by atoms with Crippen LogP contribution >= 0.6 is 0 Å². The molecular weight excluding hydrogens is 429 g/mol. The van der Waals surface area contributed by atoms with E-state index in [1.165, 1.54) is 31.7 Å². The first kappa shape index (κ1) is 24.4. The van der Waals surface area contributed by atoms with Crippen LogP contribution in [0.4, 0.5) is 14.9 Å². The van der Waals surface area contributed by atoms with Gasteiger partial charge in [-0.15, -0.1) is 0 Å². The molecular formula is C28H36FN3O2. The molecule has 3 atom stereocenters. The number of hydrogen-bond donors (Lipinski definition) is 2. The highest BCUT2D eigenvalue weighted by Gasteiger charge is 2.30. The maximum Gasteiger partial charge on any atom is 0.319 e. The van der Waals surface area contributed by atoms with Gasteiger partial charge in [0.05, 0.1) is 0 Å². The van der Waals surface area contributed by atoms with Crippen molar-refractivity contribution in [1.82, 2.24) is 10.2 Å². The van der Waals surface area contributed by atoms with Crippen molar-refractivity contribution < 1.29 is 14.0 Å². The fraction of sp³-hybridized carbons (Fsp3) is 0.500. The number of piperidine rings is 1. The minimum absolute atomic E-state index is 0.0179. The van der Waals surface area contributed by atoms with Gasteiger partial charge in [0.25, 0.3) is 0 Å². The van der Waals surface area contributed by atoms with E-state index in [1.54, 1.807) is 36.4 Å². The van der Waals surface area contributed by atoms with Crippen molar-refractivity contribution >= 4 is 17.5 Å². The number of carbonyl (C=O) groups excluding carboxylic acids is 2. The molecule has 2 aliphatic rings. The lowest BCUT2D eigenvalue weighted by Gasteiger charge is -2.39. The molecule has 4 rings (SSSR count). The third kappa shape index (κ3) is 6.89. The van der Waals surface area contributed by atoms with Gasteiger partial charge in [-0.1, -0.05) is 37.1 Å². The lowest BCUT2D eigenvalue weighted by atomic mass is 9.83. The van der Waals surface area contributed by atoms with E-state index in [0.717, 1.165) is 45.3 Å². The molecule has 5 nitrogen and oxygen atoms in total. The number of likely N-dealkylation sites (tertiary alicyclic amines) is 1. The van der Waals surface area contributed by atoms with Crippen molar-refractivity contribution in [3.63, 3.8) is 0 Å². The van der Waals surface area contributed by atoms with Crippen LogP contribution in [0.15, 0.2) is 48.5 Å². The highest BCUT2D eigenvalue weighted by molar-refractivity contribution is 5.96. The van der Waals surface area contributed by atoms with Crippen LogP contribution < -0.4 is 10.6 Å². The van der Waals surface area contributed by atoms with Gasteiger partial charge < -0.3 is 15.5 Å². The quantitative estimate of drug-likeness (QED) is 0.519. The lowest BCUT2D eigenvalue weighted by molar-refractivity contribution is 0.101. The number of nitrogens with one attached hydrogen (secondary N) is 2. The van der Waals surface area contributed by atoms with E-state index < -0.39 is 0 Å². The Balaban J connectivity index is 1.30. The molecule has 2 aromatic carbocycles. The van der Waals surface area contributed by atoms with Crippen molar-refractivity contribution in [3.05, 3.63) is 65.5 Å². The normalized spacial score (nSPS) is 23.3. The third-order valence-corrected chi connectivity index (χ3v) is 7.29. The van der Waals surface area contributed by atoms with Gasteiger partial charge in [0.15, 0.2) is 5.78 Å². The van der Waals surface area contributed by atoms with Gasteiger partial charge in [0.1, 0.15) is 5.82 Å². The number of amides is 2. The van der Waals surface area contributed by atoms with E-state index in [0.29, 0.717) is 23.1 Å². The van der Waals surface area contributed by atoms with Crippen LogP contribution in [-0.4, -0.2) is 42.4 Å². The average Bonchev–Trinajstić information content (AvgIpc) is 2.82. The van der Waals surface area contributed by atoms with Gasteiger partial charge in [0.2, 0.25) is 0 Å². The Morgan fingerprint density at radius 2 is 1.82 bits per heavy atom. The number of benzene rings is 2. The van der Waals surface area contributed by atoms with Crippen LogP contribution in [0.25, 0.3) is 0 Å². The Hall–Kier alpha value is -2.73. The van der Waals surface area contributed by atoms with Gasteiger partial charge in [-0.2, -0.15) is 0 Å². The summed E-state index contributed by atoms with van der Waals surface area (Å²) in [5, 5.41) is 6.12. The minimum Gasteiger partial charge on any atom is -0.335 e. The van der Waals surface area contributed by atoms with Gasteiger partial charge in [-0.25, -0.2) is 9.18 Å². The highest BCUT2D eigenvalue weighted by Crippen LogP contribution is 2.28. The molecule has 2 N–H and O–H groups in total. The Morgan fingerprint density at radius 1 is 1.03 bits per heavy atom. The molecule has 6 heteroatoms. The first-order valence-electron chi connectivity index (χ1n) is 12.6. The van der Waals surface area contributed by atoms with Gasteiger partial charge >= 0.3 is 6.03 Å². The Morgan fingerprint density at radius 3 is 2.62 bits per heavy atom. The molecule has 2 amide bonds. The van der Waals surface area contributed by atoms with E-state index in [4.69, 9.17) is 0 Å². The molecule has 1 saturated carbocycles. The number of hydrogen-bond acceptors (Lipinski definition) is 3. The first-order valence-corrected chi connectivity index (χ1v) is 12.6. The summed E-state index contributed by atoms with van der Waals surface area (Å²) in [6.45, 7) is 4.69.